The number of nitrogens with zero attached hydrogens (tertiary/aromatic N) is 2. The van der Waals surface area contributed by atoms with Crippen molar-refractivity contribution >= 4 is 56.6 Å². The van der Waals surface area contributed by atoms with Crippen LogP contribution in [0.5, 0.6) is 0 Å². The highest BCUT2D eigenvalue weighted by Crippen LogP contribution is 2.30. The molecule has 0 atom stereocenters. The number of amides is 3. The van der Waals surface area contributed by atoms with Crippen LogP contribution in [0.2, 0.25) is 0 Å². The van der Waals surface area contributed by atoms with E-state index in [9.17, 15) is 9.59 Å². The van der Waals surface area contributed by atoms with Gasteiger partial charge in [0.1, 0.15) is 0 Å². The zero-order chi connectivity index (χ0) is 20.2. The molecule has 0 saturated carbocycles. The molecule has 29 heavy (non-hydrogen) atoms. The number of anilines is 2. The molecule has 1 fully saturated rings. The second-order valence-electron chi connectivity index (χ2n) is 6.91. The summed E-state index contributed by atoms with van der Waals surface area (Å²) in [5, 5.41) is 5.93. The standard InChI is InChI=1S/C21H22N4O2S2/c1-28-21-24-17-8-7-16(13-18(17)29-21)22-19(26)14-9-11-25(12-10-14)20(27)23-15-5-3-2-4-6-15/h2-8,13-14H,9-12H2,1H3,(H,22,26)(H,23,27). The van der Waals surface area contributed by atoms with Gasteiger partial charge in [-0.2, -0.15) is 0 Å². The van der Waals surface area contributed by atoms with E-state index in [4.69, 9.17) is 0 Å². The van der Waals surface area contributed by atoms with Gasteiger partial charge in [-0.15, -0.1) is 11.3 Å². The van der Waals surface area contributed by atoms with Gasteiger partial charge in [-0.05, 0) is 49.4 Å². The van der Waals surface area contributed by atoms with Gasteiger partial charge in [-0.1, -0.05) is 30.0 Å². The Bertz CT molecular complexity index is 1010. The third kappa shape index (κ3) is 4.71. The number of thioether (sulfide) groups is 1. The molecule has 4 rings (SSSR count). The Balaban J connectivity index is 1.31. The molecule has 2 N–H and O–H groups in total. The van der Waals surface area contributed by atoms with E-state index in [-0.39, 0.29) is 17.9 Å². The molecule has 3 aromatic rings. The number of thiazole rings is 1. The van der Waals surface area contributed by atoms with Crippen LogP contribution in [0.4, 0.5) is 16.2 Å². The summed E-state index contributed by atoms with van der Waals surface area (Å²) < 4.78 is 2.09. The Morgan fingerprint density at radius 3 is 2.55 bits per heavy atom. The van der Waals surface area contributed by atoms with Crippen molar-refractivity contribution in [2.45, 2.75) is 17.2 Å². The van der Waals surface area contributed by atoms with Crippen molar-refractivity contribution in [2.75, 3.05) is 30.0 Å². The van der Waals surface area contributed by atoms with Crippen LogP contribution < -0.4 is 10.6 Å². The van der Waals surface area contributed by atoms with E-state index >= 15 is 0 Å². The number of carbonyl (C=O) groups is 2. The van der Waals surface area contributed by atoms with E-state index in [1.807, 2.05) is 54.8 Å². The van der Waals surface area contributed by atoms with Crippen molar-refractivity contribution in [1.82, 2.24) is 9.88 Å². The van der Waals surface area contributed by atoms with E-state index in [0.29, 0.717) is 25.9 Å². The number of aromatic nitrogens is 1. The third-order valence-corrected chi connectivity index (χ3v) is 6.99. The Morgan fingerprint density at radius 1 is 1.07 bits per heavy atom. The molecule has 2 heterocycles. The number of carbonyl (C=O) groups excluding carboxylic acids is 2. The van der Waals surface area contributed by atoms with Crippen LogP contribution in [-0.2, 0) is 4.79 Å². The van der Waals surface area contributed by atoms with Gasteiger partial charge in [-0.3, -0.25) is 4.79 Å². The van der Waals surface area contributed by atoms with Crippen LogP contribution in [-0.4, -0.2) is 41.2 Å². The van der Waals surface area contributed by atoms with Gasteiger partial charge in [0.2, 0.25) is 5.91 Å². The lowest BCUT2D eigenvalue weighted by Gasteiger charge is -2.31. The molecule has 0 aliphatic carbocycles. The number of nitrogens with one attached hydrogen (secondary N) is 2. The fourth-order valence-electron chi connectivity index (χ4n) is 3.38. The van der Waals surface area contributed by atoms with Crippen molar-refractivity contribution in [3.8, 4) is 0 Å². The maximum atomic E-state index is 12.7. The molecule has 6 nitrogen and oxygen atoms in total. The number of urea groups is 1. The lowest BCUT2D eigenvalue weighted by atomic mass is 9.96. The molecule has 0 bridgehead atoms. The number of hydrogen-bond donors (Lipinski definition) is 2. The molecule has 0 spiro atoms. The van der Waals surface area contributed by atoms with Crippen molar-refractivity contribution in [2.24, 2.45) is 5.92 Å². The van der Waals surface area contributed by atoms with Crippen molar-refractivity contribution in [1.29, 1.82) is 0 Å². The highest BCUT2D eigenvalue weighted by molar-refractivity contribution is 8.00. The van der Waals surface area contributed by atoms with Crippen molar-refractivity contribution < 1.29 is 9.59 Å². The van der Waals surface area contributed by atoms with E-state index in [1.54, 1.807) is 28.0 Å². The molecule has 0 unspecified atom stereocenters. The molecule has 1 aromatic heterocycles. The Hall–Kier alpha value is -2.58. The van der Waals surface area contributed by atoms with Gasteiger partial charge in [0.15, 0.2) is 4.34 Å². The van der Waals surface area contributed by atoms with E-state index in [2.05, 4.69) is 15.6 Å². The van der Waals surface area contributed by atoms with Gasteiger partial charge >= 0.3 is 6.03 Å². The largest absolute Gasteiger partial charge is 0.326 e. The SMILES string of the molecule is CSc1nc2ccc(NC(=O)C3CCN(C(=O)Nc4ccccc4)CC3)cc2s1. The third-order valence-electron chi connectivity index (χ3n) is 4.99. The maximum absolute atomic E-state index is 12.7. The molecule has 150 valence electrons. The topological polar surface area (TPSA) is 74.3 Å². The number of rotatable bonds is 4. The maximum Gasteiger partial charge on any atom is 0.321 e. The molecule has 2 aromatic carbocycles. The first kappa shape index (κ1) is 19.7. The first-order valence-electron chi connectivity index (χ1n) is 9.49. The molecule has 8 heteroatoms. The zero-order valence-corrected chi connectivity index (χ0v) is 17.7. The second kappa shape index (κ2) is 8.84. The van der Waals surface area contributed by atoms with Crippen LogP contribution in [0.25, 0.3) is 10.2 Å². The molecule has 1 saturated heterocycles. The summed E-state index contributed by atoms with van der Waals surface area (Å²) in [4.78, 5) is 31.4. The van der Waals surface area contributed by atoms with Gasteiger partial charge in [0, 0.05) is 30.4 Å². The van der Waals surface area contributed by atoms with Crippen molar-refractivity contribution in [3.05, 3.63) is 48.5 Å². The Kier molecular flexibility index (Phi) is 6.01. The molecule has 3 amide bonds. The molecular weight excluding hydrogens is 404 g/mol. The minimum Gasteiger partial charge on any atom is -0.326 e. The monoisotopic (exact) mass is 426 g/mol. The normalized spacial score (nSPS) is 14.7. The van der Waals surface area contributed by atoms with Crippen LogP contribution in [0.3, 0.4) is 0 Å². The predicted molar refractivity (Wildman–Crippen MR) is 120 cm³/mol. The second-order valence-corrected chi connectivity index (χ2v) is 9.00. The average molecular weight is 427 g/mol. The van der Waals surface area contributed by atoms with Crippen LogP contribution in [0.1, 0.15) is 12.8 Å². The molecule has 0 radical (unpaired) electrons. The summed E-state index contributed by atoms with van der Waals surface area (Å²) in [5.74, 6) is -0.0724. The number of fused-ring (bicyclic) bond motifs is 1. The van der Waals surface area contributed by atoms with Crippen LogP contribution in [0.15, 0.2) is 52.9 Å². The molecule has 1 aliphatic rings. The number of piperidine rings is 1. The summed E-state index contributed by atoms with van der Waals surface area (Å²) in [6, 6.07) is 15.1. The smallest absolute Gasteiger partial charge is 0.321 e. The lowest BCUT2D eigenvalue weighted by molar-refractivity contribution is -0.121. The van der Waals surface area contributed by atoms with Gasteiger partial charge in [0.05, 0.1) is 10.2 Å². The predicted octanol–water partition coefficient (Wildman–Crippen LogP) is 4.90. The fraction of sp³-hybridized carbons (Fsp3) is 0.286. The number of likely N-dealkylation sites (tertiary alicyclic amines) is 1. The zero-order valence-electron chi connectivity index (χ0n) is 16.1. The quantitative estimate of drug-likeness (QED) is 0.582. The summed E-state index contributed by atoms with van der Waals surface area (Å²) in [6.45, 7) is 1.14. The highest BCUT2D eigenvalue weighted by atomic mass is 32.2. The first-order chi connectivity index (χ1) is 14.1. The van der Waals surface area contributed by atoms with Crippen LogP contribution in [0, 0.1) is 5.92 Å². The van der Waals surface area contributed by atoms with Gasteiger partial charge in [0.25, 0.3) is 0 Å². The van der Waals surface area contributed by atoms with Gasteiger partial charge < -0.3 is 15.5 Å². The fourth-order valence-corrected chi connectivity index (χ4v) is 4.91. The number of para-hydroxylation sites is 1. The summed E-state index contributed by atoms with van der Waals surface area (Å²) >= 11 is 3.25. The minimum absolute atomic E-state index is 0.0158. The summed E-state index contributed by atoms with van der Waals surface area (Å²) in [6.07, 6.45) is 3.33. The average Bonchev–Trinajstić information content (AvgIpc) is 3.17. The van der Waals surface area contributed by atoms with Crippen LogP contribution >= 0.6 is 23.1 Å². The lowest BCUT2D eigenvalue weighted by Crippen LogP contribution is -2.43. The Labute approximate surface area is 177 Å². The molecular formula is C21H22N4O2S2. The first-order valence-corrected chi connectivity index (χ1v) is 11.5. The minimum atomic E-state index is -0.115. The van der Waals surface area contributed by atoms with Crippen molar-refractivity contribution in [3.63, 3.8) is 0 Å². The molecule has 1 aliphatic heterocycles. The highest BCUT2D eigenvalue weighted by Gasteiger charge is 2.27. The summed E-state index contributed by atoms with van der Waals surface area (Å²) in [7, 11) is 0. The summed E-state index contributed by atoms with van der Waals surface area (Å²) in [5.41, 5.74) is 2.53. The number of hydrogen-bond acceptors (Lipinski definition) is 5. The van der Waals surface area contributed by atoms with Gasteiger partial charge in [-0.25, -0.2) is 9.78 Å². The number of benzene rings is 2. The van der Waals surface area contributed by atoms with E-state index in [0.717, 1.165) is 25.9 Å². The van der Waals surface area contributed by atoms with E-state index < -0.39 is 0 Å². The Morgan fingerprint density at radius 2 is 1.83 bits per heavy atom. The van der Waals surface area contributed by atoms with E-state index in [1.165, 1.54) is 0 Å².